The molecular weight excluding hydrogens is 217 g/mol. The molecular formula is C13H14FN3. The molecule has 1 aromatic carbocycles. The van der Waals surface area contributed by atoms with Gasteiger partial charge in [-0.2, -0.15) is 0 Å². The van der Waals surface area contributed by atoms with Crippen LogP contribution in [0.15, 0.2) is 24.5 Å². The predicted octanol–water partition coefficient (Wildman–Crippen LogP) is 2.94. The molecule has 0 radical (unpaired) electrons. The molecule has 0 aliphatic heterocycles. The largest absolute Gasteiger partial charge is 0.373 e. The first kappa shape index (κ1) is 11.5. The molecule has 2 aromatic rings. The summed E-state index contributed by atoms with van der Waals surface area (Å²) in [6, 6.07) is 4.71. The number of halogens is 1. The summed E-state index contributed by atoms with van der Waals surface area (Å²) in [5.74, 6) is 0.561. The van der Waals surface area contributed by atoms with Gasteiger partial charge in [0.15, 0.2) is 0 Å². The molecule has 0 aliphatic rings. The highest BCUT2D eigenvalue weighted by Crippen LogP contribution is 2.27. The fourth-order valence-electron chi connectivity index (χ4n) is 1.87. The van der Waals surface area contributed by atoms with Crippen molar-refractivity contribution in [3.8, 4) is 11.3 Å². The Hall–Kier alpha value is -1.97. The zero-order valence-corrected chi connectivity index (χ0v) is 10.1. The van der Waals surface area contributed by atoms with Crippen molar-refractivity contribution in [3.05, 3.63) is 41.5 Å². The molecule has 0 amide bonds. The number of hydrogen-bond donors (Lipinski definition) is 1. The van der Waals surface area contributed by atoms with Crippen LogP contribution in [-0.4, -0.2) is 17.0 Å². The van der Waals surface area contributed by atoms with E-state index in [9.17, 15) is 4.39 Å². The van der Waals surface area contributed by atoms with E-state index in [-0.39, 0.29) is 5.82 Å². The lowest BCUT2D eigenvalue weighted by molar-refractivity contribution is 0.627. The second-order valence-electron chi connectivity index (χ2n) is 3.91. The number of rotatable bonds is 2. The average molecular weight is 231 g/mol. The highest BCUT2D eigenvalue weighted by atomic mass is 19.1. The predicted molar refractivity (Wildman–Crippen MR) is 66.4 cm³/mol. The van der Waals surface area contributed by atoms with Crippen LogP contribution in [0.3, 0.4) is 0 Å². The summed E-state index contributed by atoms with van der Waals surface area (Å²) in [5, 5.41) is 3.01. The summed E-state index contributed by atoms with van der Waals surface area (Å²) < 4.78 is 13.1. The van der Waals surface area contributed by atoms with Gasteiger partial charge in [-0.15, -0.1) is 0 Å². The average Bonchev–Trinajstić information content (AvgIpc) is 2.30. The lowest BCUT2D eigenvalue weighted by atomic mass is 10.0. The van der Waals surface area contributed by atoms with Crippen LogP contribution < -0.4 is 5.32 Å². The molecule has 4 heteroatoms. The summed E-state index contributed by atoms with van der Waals surface area (Å²) in [6.45, 7) is 3.82. The first-order valence-electron chi connectivity index (χ1n) is 5.39. The molecule has 0 atom stereocenters. The van der Waals surface area contributed by atoms with Crippen LogP contribution in [0.1, 0.15) is 11.1 Å². The van der Waals surface area contributed by atoms with Gasteiger partial charge in [-0.05, 0) is 37.6 Å². The third kappa shape index (κ3) is 2.11. The molecule has 17 heavy (non-hydrogen) atoms. The zero-order chi connectivity index (χ0) is 12.4. The van der Waals surface area contributed by atoms with Crippen LogP contribution in [0.25, 0.3) is 11.3 Å². The third-order valence-corrected chi connectivity index (χ3v) is 2.76. The highest BCUT2D eigenvalue weighted by molar-refractivity contribution is 5.70. The molecule has 1 aromatic heterocycles. The van der Waals surface area contributed by atoms with Gasteiger partial charge in [0.25, 0.3) is 0 Å². The van der Waals surface area contributed by atoms with E-state index in [0.29, 0.717) is 0 Å². The lowest BCUT2D eigenvalue weighted by Gasteiger charge is -2.11. The maximum atomic E-state index is 13.1. The van der Waals surface area contributed by atoms with Crippen LogP contribution in [0.4, 0.5) is 10.2 Å². The number of benzene rings is 1. The smallest absolute Gasteiger partial charge is 0.132 e. The van der Waals surface area contributed by atoms with Crippen molar-refractivity contribution in [1.29, 1.82) is 0 Å². The highest BCUT2D eigenvalue weighted by Gasteiger charge is 2.10. The Bertz CT molecular complexity index is 552. The normalized spacial score (nSPS) is 10.4. The van der Waals surface area contributed by atoms with E-state index in [4.69, 9.17) is 0 Å². The topological polar surface area (TPSA) is 37.8 Å². The van der Waals surface area contributed by atoms with Crippen molar-refractivity contribution in [2.75, 3.05) is 12.4 Å². The summed E-state index contributed by atoms with van der Waals surface area (Å²) in [4.78, 5) is 8.41. The van der Waals surface area contributed by atoms with Gasteiger partial charge in [-0.3, -0.25) is 0 Å². The van der Waals surface area contributed by atoms with E-state index in [2.05, 4.69) is 15.3 Å². The molecule has 88 valence electrons. The molecule has 0 saturated carbocycles. The molecule has 0 aliphatic carbocycles. The fourth-order valence-corrected chi connectivity index (χ4v) is 1.87. The quantitative estimate of drug-likeness (QED) is 0.863. The number of nitrogens with one attached hydrogen (secondary N) is 1. The van der Waals surface area contributed by atoms with Gasteiger partial charge in [0.2, 0.25) is 0 Å². The first-order chi connectivity index (χ1) is 8.13. The number of aryl methyl sites for hydroxylation is 1. The minimum absolute atomic E-state index is 0.230. The standard InChI is InChI=1S/C13H14FN3/c1-8-6-10(14)4-5-11(8)12-9(2)13(15-3)17-7-16-12/h4-7H,1-3H3,(H,15,16,17). The van der Waals surface area contributed by atoms with Crippen LogP contribution in [0.5, 0.6) is 0 Å². The van der Waals surface area contributed by atoms with Crippen molar-refractivity contribution in [2.24, 2.45) is 0 Å². The Morgan fingerprint density at radius 2 is 1.94 bits per heavy atom. The molecule has 0 fully saturated rings. The maximum absolute atomic E-state index is 13.1. The number of nitrogens with zero attached hydrogens (tertiary/aromatic N) is 2. The van der Waals surface area contributed by atoms with Crippen molar-refractivity contribution in [3.63, 3.8) is 0 Å². The number of anilines is 1. The van der Waals surface area contributed by atoms with E-state index in [1.54, 1.807) is 6.07 Å². The molecule has 1 N–H and O–H groups in total. The summed E-state index contributed by atoms with van der Waals surface area (Å²) in [6.07, 6.45) is 1.51. The van der Waals surface area contributed by atoms with Crippen LogP contribution in [0.2, 0.25) is 0 Å². The Balaban J connectivity index is 2.60. The molecule has 0 bridgehead atoms. The van der Waals surface area contributed by atoms with Gasteiger partial charge >= 0.3 is 0 Å². The Morgan fingerprint density at radius 1 is 1.18 bits per heavy atom. The Labute approximate surface area is 99.7 Å². The van der Waals surface area contributed by atoms with E-state index < -0.39 is 0 Å². The summed E-state index contributed by atoms with van der Waals surface area (Å²) >= 11 is 0. The van der Waals surface area contributed by atoms with Crippen LogP contribution >= 0.6 is 0 Å². The molecule has 0 saturated heterocycles. The number of aromatic nitrogens is 2. The van der Waals surface area contributed by atoms with Crippen LogP contribution in [0, 0.1) is 19.7 Å². The summed E-state index contributed by atoms with van der Waals surface area (Å²) in [5.41, 5.74) is 3.60. The minimum Gasteiger partial charge on any atom is -0.373 e. The number of hydrogen-bond acceptors (Lipinski definition) is 3. The second kappa shape index (κ2) is 4.49. The molecule has 2 rings (SSSR count). The van der Waals surface area contributed by atoms with Gasteiger partial charge in [0.1, 0.15) is 18.0 Å². The molecule has 1 heterocycles. The SMILES string of the molecule is CNc1ncnc(-c2ccc(F)cc2C)c1C. The van der Waals surface area contributed by atoms with Crippen molar-refractivity contribution >= 4 is 5.82 Å². The molecule has 0 spiro atoms. The minimum atomic E-state index is -0.230. The van der Waals surface area contributed by atoms with E-state index in [0.717, 1.165) is 28.2 Å². The van der Waals surface area contributed by atoms with Gasteiger partial charge < -0.3 is 5.32 Å². The fraction of sp³-hybridized carbons (Fsp3) is 0.231. The van der Waals surface area contributed by atoms with Crippen molar-refractivity contribution in [2.45, 2.75) is 13.8 Å². The van der Waals surface area contributed by atoms with Crippen LogP contribution in [-0.2, 0) is 0 Å². The monoisotopic (exact) mass is 231 g/mol. The zero-order valence-electron chi connectivity index (χ0n) is 10.1. The van der Waals surface area contributed by atoms with Crippen molar-refractivity contribution < 1.29 is 4.39 Å². The van der Waals surface area contributed by atoms with E-state index >= 15 is 0 Å². The Morgan fingerprint density at radius 3 is 2.59 bits per heavy atom. The van der Waals surface area contributed by atoms with Gasteiger partial charge in [-0.25, -0.2) is 14.4 Å². The maximum Gasteiger partial charge on any atom is 0.132 e. The van der Waals surface area contributed by atoms with Gasteiger partial charge in [0, 0.05) is 18.2 Å². The summed E-state index contributed by atoms with van der Waals surface area (Å²) in [7, 11) is 1.82. The second-order valence-corrected chi connectivity index (χ2v) is 3.91. The molecule has 3 nitrogen and oxygen atoms in total. The lowest BCUT2D eigenvalue weighted by Crippen LogP contribution is -2.00. The molecule has 0 unspecified atom stereocenters. The van der Waals surface area contributed by atoms with E-state index in [1.165, 1.54) is 18.5 Å². The third-order valence-electron chi connectivity index (χ3n) is 2.76. The van der Waals surface area contributed by atoms with E-state index in [1.807, 2.05) is 20.9 Å². The van der Waals surface area contributed by atoms with Gasteiger partial charge in [0.05, 0.1) is 5.69 Å². The Kier molecular flexibility index (Phi) is 3.04. The van der Waals surface area contributed by atoms with Crippen molar-refractivity contribution in [1.82, 2.24) is 9.97 Å². The first-order valence-corrected chi connectivity index (χ1v) is 5.39. The van der Waals surface area contributed by atoms with Gasteiger partial charge in [-0.1, -0.05) is 0 Å².